The molecule has 0 saturated carbocycles. The van der Waals surface area contributed by atoms with Crippen molar-refractivity contribution in [3.8, 4) is 0 Å². The number of hydrogen-bond acceptors (Lipinski definition) is 3. The first-order valence-electron chi connectivity index (χ1n) is 3.77. The molecule has 0 N–H and O–H groups in total. The van der Waals surface area contributed by atoms with E-state index in [1.165, 1.54) is 0 Å². The van der Waals surface area contributed by atoms with Gasteiger partial charge in [0.1, 0.15) is 0 Å². The Morgan fingerprint density at radius 2 is 1.73 bits per heavy atom. The van der Waals surface area contributed by atoms with Crippen molar-refractivity contribution >= 4 is 11.9 Å². The Bertz CT molecular complexity index is 170. The van der Waals surface area contributed by atoms with Gasteiger partial charge in [0, 0.05) is 0 Å². The van der Waals surface area contributed by atoms with E-state index >= 15 is 0 Å². The molecule has 0 atom stereocenters. The lowest BCUT2D eigenvalue weighted by molar-refractivity contribution is -0.154. The normalized spacial score (nSPS) is 20.4. The molecule has 0 radical (unpaired) electrons. The highest BCUT2D eigenvalue weighted by molar-refractivity contribution is 5.96. The van der Waals surface area contributed by atoms with Crippen molar-refractivity contribution in [2.24, 2.45) is 5.41 Å². The standard InChI is InChI=1S/C6H8O3.C2H6/c1-6(2)3-4(7)9-5(6)8;1-2/h3H2,1-2H3;1-2H3. The van der Waals surface area contributed by atoms with Crippen molar-refractivity contribution in [3.05, 3.63) is 0 Å². The predicted molar refractivity (Wildman–Crippen MR) is 40.8 cm³/mol. The van der Waals surface area contributed by atoms with Crippen LogP contribution in [0.1, 0.15) is 34.1 Å². The van der Waals surface area contributed by atoms with Gasteiger partial charge in [0.05, 0.1) is 11.8 Å². The van der Waals surface area contributed by atoms with Crippen molar-refractivity contribution in [2.45, 2.75) is 34.1 Å². The van der Waals surface area contributed by atoms with Crippen molar-refractivity contribution < 1.29 is 14.3 Å². The molecule has 1 fully saturated rings. The zero-order valence-electron chi connectivity index (χ0n) is 7.43. The number of cyclic esters (lactones) is 2. The van der Waals surface area contributed by atoms with Gasteiger partial charge >= 0.3 is 11.9 Å². The molecule has 3 heteroatoms. The Morgan fingerprint density at radius 1 is 1.27 bits per heavy atom. The maximum Gasteiger partial charge on any atom is 0.319 e. The first-order chi connectivity index (χ1) is 5.02. The Balaban J connectivity index is 0.000000461. The number of carbonyl (C=O) groups excluding carboxylic acids is 2. The summed E-state index contributed by atoms with van der Waals surface area (Å²) in [5, 5.41) is 0. The molecule has 0 unspecified atom stereocenters. The fourth-order valence-electron chi connectivity index (χ4n) is 0.711. The minimum Gasteiger partial charge on any atom is -0.393 e. The third kappa shape index (κ3) is 2.33. The van der Waals surface area contributed by atoms with Crippen LogP contribution in [0.5, 0.6) is 0 Å². The van der Waals surface area contributed by atoms with E-state index in [9.17, 15) is 9.59 Å². The second-order valence-corrected chi connectivity index (χ2v) is 2.82. The van der Waals surface area contributed by atoms with E-state index < -0.39 is 17.4 Å². The highest BCUT2D eigenvalue weighted by Crippen LogP contribution is 2.28. The zero-order valence-corrected chi connectivity index (χ0v) is 7.43. The van der Waals surface area contributed by atoms with Gasteiger partial charge in [0.15, 0.2) is 0 Å². The molecule has 0 amide bonds. The number of ether oxygens (including phenoxy) is 1. The molecule has 11 heavy (non-hydrogen) atoms. The fraction of sp³-hybridized carbons (Fsp3) is 0.750. The summed E-state index contributed by atoms with van der Waals surface area (Å²) in [7, 11) is 0. The average molecular weight is 158 g/mol. The second kappa shape index (κ2) is 3.51. The first kappa shape index (κ1) is 10.1. The molecular formula is C8H14O3. The molecule has 0 aliphatic carbocycles. The summed E-state index contributed by atoms with van der Waals surface area (Å²) in [5.74, 6) is -0.822. The van der Waals surface area contributed by atoms with Crippen molar-refractivity contribution in [2.75, 3.05) is 0 Å². The third-order valence-corrected chi connectivity index (χ3v) is 1.35. The van der Waals surface area contributed by atoms with Gasteiger partial charge in [-0.2, -0.15) is 0 Å². The van der Waals surface area contributed by atoms with Crippen LogP contribution in [-0.4, -0.2) is 11.9 Å². The number of rotatable bonds is 0. The maximum atomic E-state index is 10.7. The molecule has 0 aromatic heterocycles. The molecule has 0 aromatic carbocycles. The van der Waals surface area contributed by atoms with Crippen LogP contribution in [-0.2, 0) is 14.3 Å². The van der Waals surface area contributed by atoms with Crippen LogP contribution >= 0.6 is 0 Å². The number of hydrogen-bond donors (Lipinski definition) is 0. The number of carbonyl (C=O) groups is 2. The zero-order chi connectivity index (χ0) is 9.07. The van der Waals surface area contributed by atoms with Crippen molar-refractivity contribution in [1.82, 2.24) is 0 Å². The van der Waals surface area contributed by atoms with E-state index in [0.29, 0.717) is 0 Å². The van der Waals surface area contributed by atoms with Crippen LogP contribution in [0, 0.1) is 5.41 Å². The lowest BCUT2D eigenvalue weighted by Gasteiger charge is -2.06. The third-order valence-electron chi connectivity index (χ3n) is 1.35. The van der Waals surface area contributed by atoms with Crippen molar-refractivity contribution in [3.63, 3.8) is 0 Å². The van der Waals surface area contributed by atoms with E-state index in [1.807, 2.05) is 13.8 Å². The Kier molecular flexibility index (Phi) is 3.23. The van der Waals surface area contributed by atoms with Gasteiger partial charge < -0.3 is 4.74 Å². The summed E-state index contributed by atoms with van der Waals surface area (Å²) in [6, 6.07) is 0. The Hall–Kier alpha value is -0.860. The molecule has 3 nitrogen and oxygen atoms in total. The lowest BCUT2D eigenvalue weighted by Crippen LogP contribution is -2.16. The SMILES string of the molecule is CC.CC1(C)CC(=O)OC1=O. The molecular weight excluding hydrogens is 144 g/mol. The number of esters is 2. The predicted octanol–water partition coefficient (Wildman–Crippen LogP) is 1.51. The van der Waals surface area contributed by atoms with E-state index in [-0.39, 0.29) is 6.42 Å². The van der Waals surface area contributed by atoms with Crippen molar-refractivity contribution in [1.29, 1.82) is 0 Å². The van der Waals surface area contributed by atoms with Gasteiger partial charge in [-0.15, -0.1) is 0 Å². The van der Waals surface area contributed by atoms with Crippen LogP contribution in [0.15, 0.2) is 0 Å². The van der Waals surface area contributed by atoms with E-state index in [2.05, 4.69) is 4.74 Å². The minimum atomic E-state index is -0.586. The van der Waals surface area contributed by atoms with Crippen LogP contribution < -0.4 is 0 Å². The van der Waals surface area contributed by atoms with E-state index in [4.69, 9.17) is 0 Å². The van der Waals surface area contributed by atoms with Crippen LogP contribution in [0.3, 0.4) is 0 Å². The van der Waals surface area contributed by atoms with Crippen LogP contribution in [0.25, 0.3) is 0 Å². The topological polar surface area (TPSA) is 43.4 Å². The fourth-order valence-corrected chi connectivity index (χ4v) is 0.711. The second-order valence-electron chi connectivity index (χ2n) is 2.82. The largest absolute Gasteiger partial charge is 0.393 e. The monoisotopic (exact) mass is 158 g/mol. The van der Waals surface area contributed by atoms with Gasteiger partial charge in [-0.05, 0) is 13.8 Å². The minimum absolute atomic E-state index is 0.214. The lowest BCUT2D eigenvalue weighted by atomic mass is 9.92. The van der Waals surface area contributed by atoms with Gasteiger partial charge in [-0.1, -0.05) is 13.8 Å². The Labute approximate surface area is 66.7 Å². The van der Waals surface area contributed by atoms with Crippen LogP contribution in [0.2, 0.25) is 0 Å². The molecule has 64 valence electrons. The van der Waals surface area contributed by atoms with E-state index in [0.717, 1.165) is 0 Å². The molecule has 0 spiro atoms. The summed E-state index contributed by atoms with van der Waals surface area (Å²) in [5.41, 5.74) is -0.586. The summed E-state index contributed by atoms with van der Waals surface area (Å²) >= 11 is 0. The average Bonchev–Trinajstić information content (AvgIpc) is 2.10. The van der Waals surface area contributed by atoms with Gasteiger partial charge in [0.25, 0.3) is 0 Å². The molecule has 1 aliphatic heterocycles. The smallest absolute Gasteiger partial charge is 0.319 e. The summed E-state index contributed by atoms with van der Waals surface area (Å²) in [6.45, 7) is 7.39. The highest BCUT2D eigenvalue weighted by Gasteiger charge is 2.40. The molecule has 1 aliphatic rings. The molecule has 0 aromatic rings. The van der Waals surface area contributed by atoms with Gasteiger partial charge in [0.2, 0.25) is 0 Å². The van der Waals surface area contributed by atoms with Gasteiger partial charge in [-0.25, -0.2) is 0 Å². The first-order valence-corrected chi connectivity index (χ1v) is 3.77. The molecule has 0 bridgehead atoms. The Morgan fingerprint density at radius 3 is 1.82 bits per heavy atom. The van der Waals surface area contributed by atoms with E-state index in [1.54, 1.807) is 13.8 Å². The summed E-state index contributed by atoms with van der Waals surface area (Å²) in [6.07, 6.45) is 0.214. The summed E-state index contributed by atoms with van der Waals surface area (Å²) < 4.78 is 4.30. The molecule has 1 saturated heterocycles. The van der Waals surface area contributed by atoms with Crippen LogP contribution in [0.4, 0.5) is 0 Å². The quantitative estimate of drug-likeness (QED) is 0.396. The summed E-state index contributed by atoms with van der Waals surface area (Å²) in [4.78, 5) is 21.1. The van der Waals surface area contributed by atoms with Gasteiger partial charge in [-0.3, -0.25) is 9.59 Å². The highest BCUT2D eigenvalue weighted by atomic mass is 16.6. The molecule has 1 rings (SSSR count). The molecule has 1 heterocycles. The maximum absolute atomic E-state index is 10.7.